The van der Waals surface area contributed by atoms with Gasteiger partial charge >= 0.3 is 0 Å². The lowest BCUT2D eigenvalue weighted by molar-refractivity contribution is -0.122. The highest BCUT2D eigenvalue weighted by Gasteiger charge is 2.28. The number of carbonyl (C=O) groups excluding carboxylic acids is 1. The van der Waals surface area contributed by atoms with Gasteiger partial charge in [0.25, 0.3) is 0 Å². The van der Waals surface area contributed by atoms with Gasteiger partial charge in [-0.15, -0.1) is 12.4 Å². The Bertz CT molecular complexity index is 213. The molecule has 1 aliphatic rings. The molecule has 0 bridgehead atoms. The number of methoxy groups -OCH3 is 1. The Morgan fingerprint density at radius 3 is 2.71 bits per heavy atom. The molecule has 0 aliphatic heterocycles. The summed E-state index contributed by atoms with van der Waals surface area (Å²) >= 11 is 0. The Kier molecular flexibility index (Phi) is 9.44. The number of ether oxygens (including phenoxy) is 2. The van der Waals surface area contributed by atoms with Gasteiger partial charge in [-0.2, -0.15) is 0 Å². The largest absolute Gasteiger partial charge is 0.382 e. The Balaban J connectivity index is 0.00000256. The molecule has 6 heteroatoms. The van der Waals surface area contributed by atoms with Crippen LogP contribution in [0.5, 0.6) is 0 Å². The molecule has 0 radical (unpaired) electrons. The summed E-state index contributed by atoms with van der Waals surface area (Å²) in [6.07, 6.45) is 2.80. The fourth-order valence-electron chi connectivity index (χ4n) is 1.42. The van der Waals surface area contributed by atoms with E-state index in [1.165, 1.54) is 12.8 Å². The van der Waals surface area contributed by atoms with Crippen molar-refractivity contribution in [2.45, 2.75) is 25.3 Å². The van der Waals surface area contributed by atoms with Gasteiger partial charge in [0, 0.05) is 26.1 Å². The van der Waals surface area contributed by atoms with Crippen LogP contribution in [-0.2, 0) is 14.3 Å². The van der Waals surface area contributed by atoms with Gasteiger partial charge in [-0.3, -0.25) is 4.79 Å². The van der Waals surface area contributed by atoms with Crippen molar-refractivity contribution in [3.8, 4) is 0 Å². The fourth-order valence-corrected chi connectivity index (χ4v) is 1.42. The van der Waals surface area contributed by atoms with Gasteiger partial charge in [-0.05, 0) is 18.8 Å². The van der Waals surface area contributed by atoms with Gasteiger partial charge in [-0.1, -0.05) is 0 Å². The summed E-state index contributed by atoms with van der Waals surface area (Å²) in [6, 6.07) is 0.123. The van der Waals surface area contributed by atoms with Crippen LogP contribution >= 0.6 is 12.4 Å². The molecule has 3 N–H and O–H groups in total. The zero-order chi connectivity index (χ0) is 11.8. The Morgan fingerprint density at radius 1 is 1.41 bits per heavy atom. The van der Waals surface area contributed by atoms with Gasteiger partial charge in [0.1, 0.15) is 0 Å². The summed E-state index contributed by atoms with van der Waals surface area (Å²) in [4.78, 5) is 11.3. The lowest BCUT2D eigenvalue weighted by atomic mass is 10.2. The summed E-state index contributed by atoms with van der Waals surface area (Å²) < 4.78 is 10.0. The van der Waals surface area contributed by atoms with Crippen LogP contribution < -0.4 is 11.1 Å². The fraction of sp³-hybridized carbons (Fsp3) is 0.909. The molecule has 0 heterocycles. The maximum absolute atomic E-state index is 11.3. The summed E-state index contributed by atoms with van der Waals surface area (Å²) in [5, 5.41) is 2.82. The van der Waals surface area contributed by atoms with Crippen molar-refractivity contribution in [1.82, 2.24) is 5.32 Å². The van der Waals surface area contributed by atoms with Crippen LogP contribution in [0.4, 0.5) is 0 Å². The van der Waals surface area contributed by atoms with E-state index in [1.54, 1.807) is 7.11 Å². The van der Waals surface area contributed by atoms with Crippen LogP contribution in [0.15, 0.2) is 0 Å². The van der Waals surface area contributed by atoms with E-state index in [0.717, 1.165) is 0 Å². The molecule has 0 aromatic heterocycles. The molecule has 102 valence electrons. The molecule has 0 saturated heterocycles. The van der Waals surface area contributed by atoms with Gasteiger partial charge < -0.3 is 20.5 Å². The third kappa shape index (κ3) is 8.37. The maximum atomic E-state index is 11.3. The zero-order valence-corrected chi connectivity index (χ0v) is 11.1. The average molecular weight is 267 g/mol. The van der Waals surface area contributed by atoms with E-state index in [-0.39, 0.29) is 24.4 Å². The summed E-state index contributed by atoms with van der Waals surface area (Å²) in [7, 11) is 1.62. The highest BCUT2D eigenvalue weighted by molar-refractivity contribution is 5.85. The summed E-state index contributed by atoms with van der Waals surface area (Å²) in [5.41, 5.74) is 5.86. The molecular formula is C11H23ClN2O3. The number of nitrogens with two attached hydrogens (primary N) is 1. The first kappa shape index (κ1) is 16.6. The summed E-state index contributed by atoms with van der Waals surface area (Å²) in [6.45, 7) is 2.12. The molecule has 1 fully saturated rings. The normalized spacial score (nSPS) is 16.1. The number of carbonyl (C=O) groups is 1. The van der Waals surface area contributed by atoms with Crippen LogP contribution in [0, 0.1) is 5.92 Å². The molecule has 1 atom stereocenters. The SMILES string of the molecule is COCCOCCC(=O)NCC(N)C1CC1.Cl. The molecular weight excluding hydrogens is 244 g/mol. The van der Waals surface area contributed by atoms with Crippen LogP contribution in [0.25, 0.3) is 0 Å². The molecule has 1 aliphatic carbocycles. The van der Waals surface area contributed by atoms with Crippen molar-refractivity contribution in [2.75, 3.05) is 33.5 Å². The minimum Gasteiger partial charge on any atom is -0.382 e. The molecule has 0 aromatic rings. The van der Waals surface area contributed by atoms with Crippen molar-refractivity contribution in [2.24, 2.45) is 11.7 Å². The zero-order valence-electron chi connectivity index (χ0n) is 10.3. The molecule has 1 saturated carbocycles. The van der Waals surface area contributed by atoms with E-state index in [9.17, 15) is 4.79 Å². The van der Waals surface area contributed by atoms with Crippen LogP contribution in [-0.4, -0.2) is 45.4 Å². The Morgan fingerprint density at radius 2 is 2.12 bits per heavy atom. The molecule has 1 unspecified atom stereocenters. The van der Waals surface area contributed by atoms with E-state index < -0.39 is 0 Å². The molecule has 17 heavy (non-hydrogen) atoms. The van der Waals surface area contributed by atoms with Crippen molar-refractivity contribution >= 4 is 18.3 Å². The second kappa shape index (κ2) is 9.65. The second-order valence-corrected chi connectivity index (χ2v) is 4.16. The average Bonchev–Trinajstić information content (AvgIpc) is 3.09. The van der Waals surface area contributed by atoms with E-state index in [4.69, 9.17) is 15.2 Å². The van der Waals surface area contributed by atoms with E-state index in [2.05, 4.69) is 5.32 Å². The highest BCUT2D eigenvalue weighted by atomic mass is 35.5. The predicted octanol–water partition coefficient (Wildman–Crippen LogP) is 0.315. The van der Waals surface area contributed by atoms with Crippen molar-refractivity contribution in [3.05, 3.63) is 0 Å². The van der Waals surface area contributed by atoms with Gasteiger partial charge in [-0.25, -0.2) is 0 Å². The van der Waals surface area contributed by atoms with Gasteiger partial charge in [0.15, 0.2) is 0 Å². The summed E-state index contributed by atoms with van der Waals surface area (Å²) in [5.74, 6) is 0.631. The number of hydrogen-bond donors (Lipinski definition) is 2. The van der Waals surface area contributed by atoms with Crippen molar-refractivity contribution in [1.29, 1.82) is 0 Å². The Labute approximate surface area is 109 Å². The van der Waals surface area contributed by atoms with Crippen LogP contribution in [0.3, 0.4) is 0 Å². The van der Waals surface area contributed by atoms with Crippen LogP contribution in [0.2, 0.25) is 0 Å². The number of amides is 1. The number of rotatable bonds is 9. The van der Waals surface area contributed by atoms with E-state index in [1.807, 2.05) is 0 Å². The quantitative estimate of drug-likeness (QED) is 0.590. The third-order valence-corrected chi connectivity index (χ3v) is 2.67. The number of nitrogens with one attached hydrogen (secondary N) is 1. The van der Waals surface area contributed by atoms with Gasteiger partial charge in [0.2, 0.25) is 5.91 Å². The topological polar surface area (TPSA) is 73.6 Å². The van der Waals surface area contributed by atoms with Gasteiger partial charge in [0.05, 0.1) is 19.8 Å². The first-order valence-electron chi connectivity index (χ1n) is 5.83. The lowest BCUT2D eigenvalue weighted by Gasteiger charge is -2.11. The minimum atomic E-state index is 0. The second-order valence-electron chi connectivity index (χ2n) is 4.16. The maximum Gasteiger partial charge on any atom is 0.222 e. The third-order valence-electron chi connectivity index (χ3n) is 2.67. The monoisotopic (exact) mass is 266 g/mol. The first-order chi connectivity index (χ1) is 7.74. The predicted molar refractivity (Wildman–Crippen MR) is 68.3 cm³/mol. The van der Waals surface area contributed by atoms with Crippen LogP contribution in [0.1, 0.15) is 19.3 Å². The van der Waals surface area contributed by atoms with Crippen molar-refractivity contribution in [3.63, 3.8) is 0 Å². The molecule has 1 amide bonds. The number of halogens is 1. The van der Waals surface area contributed by atoms with E-state index >= 15 is 0 Å². The standard InChI is InChI=1S/C11H22N2O3.ClH/c1-15-6-7-16-5-4-11(14)13-8-10(12)9-2-3-9;/h9-10H,2-8,12H2,1H3,(H,13,14);1H. The number of hydrogen-bond acceptors (Lipinski definition) is 4. The molecule has 0 aromatic carbocycles. The Hall–Kier alpha value is -0.360. The van der Waals surface area contributed by atoms with Crippen molar-refractivity contribution < 1.29 is 14.3 Å². The van der Waals surface area contributed by atoms with E-state index in [0.29, 0.717) is 38.7 Å². The lowest BCUT2D eigenvalue weighted by Crippen LogP contribution is -2.38. The minimum absolute atomic E-state index is 0. The molecule has 1 rings (SSSR count). The smallest absolute Gasteiger partial charge is 0.222 e. The molecule has 0 spiro atoms. The highest BCUT2D eigenvalue weighted by Crippen LogP contribution is 2.31. The first-order valence-corrected chi connectivity index (χ1v) is 5.83. The molecule has 5 nitrogen and oxygen atoms in total.